The van der Waals surface area contributed by atoms with Crippen molar-refractivity contribution in [3.8, 4) is 0 Å². The fourth-order valence-electron chi connectivity index (χ4n) is 2.02. The van der Waals surface area contributed by atoms with Gasteiger partial charge in [-0.25, -0.2) is 4.79 Å². The zero-order chi connectivity index (χ0) is 15.4. The van der Waals surface area contributed by atoms with Gasteiger partial charge >= 0.3 is 5.97 Å². The lowest BCUT2D eigenvalue weighted by Gasteiger charge is -2.22. The number of benzene rings is 1. The summed E-state index contributed by atoms with van der Waals surface area (Å²) in [5.41, 5.74) is 1.70. The number of rotatable bonds is 5. The Labute approximate surface area is 126 Å². The van der Waals surface area contributed by atoms with E-state index in [1.165, 1.54) is 12.1 Å². The first kappa shape index (κ1) is 15.2. The summed E-state index contributed by atoms with van der Waals surface area (Å²) in [6, 6.07) is 7.64. The van der Waals surface area contributed by atoms with Crippen LogP contribution in [0.2, 0.25) is 0 Å². The minimum absolute atomic E-state index is 0.151. The number of hydrogen-bond donors (Lipinski definition) is 2. The number of hydrogen-bond acceptors (Lipinski definition) is 4. The fourth-order valence-corrected chi connectivity index (χ4v) is 2.70. The van der Waals surface area contributed by atoms with Crippen LogP contribution in [0, 0.1) is 0 Å². The summed E-state index contributed by atoms with van der Waals surface area (Å²) in [5.74, 6) is -1.14. The Morgan fingerprint density at radius 1 is 1.19 bits per heavy atom. The molecule has 1 aromatic heterocycles. The van der Waals surface area contributed by atoms with Gasteiger partial charge in [-0.05, 0) is 60.8 Å². The van der Waals surface area contributed by atoms with Crippen molar-refractivity contribution in [3.05, 3.63) is 52.2 Å². The Hall–Kier alpha value is -2.18. The summed E-state index contributed by atoms with van der Waals surface area (Å²) in [6.45, 7) is 0. The minimum Gasteiger partial charge on any atom is -0.478 e. The van der Waals surface area contributed by atoms with Crippen molar-refractivity contribution in [2.45, 2.75) is 6.04 Å². The highest BCUT2D eigenvalue weighted by molar-refractivity contribution is 7.08. The Balaban J connectivity index is 2.14. The summed E-state index contributed by atoms with van der Waals surface area (Å²) >= 11 is 1.54. The summed E-state index contributed by atoms with van der Waals surface area (Å²) in [6.07, 6.45) is 0. The number of carbonyl (C=O) groups excluding carboxylic acids is 1. The maximum absolute atomic E-state index is 12.4. The zero-order valence-corrected chi connectivity index (χ0v) is 12.6. The fraction of sp³-hybridized carbons (Fsp3) is 0.200. The monoisotopic (exact) mass is 304 g/mol. The van der Waals surface area contributed by atoms with E-state index in [4.69, 9.17) is 5.11 Å². The Bertz CT molecular complexity index is 621. The first-order chi connectivity index (χ1) is 9.99. The molecule has 1 heterocycles. The molecule has 1 unspecified atom stereocenters. The van der Waals surface area contributed by atoms with E-state index in [9.17, 15) is 9.59 Å². The van der Waals surface area contributed by atoms with E-state index < -0.39 is 5.97 Å². The minimum atomic E-state index is -0.989. The van der Waals surface area contributed by atoms with Gasteiger partial charge in [0.05, 0.1) is 5.56 Å². The number of aromatic carboxylic acids is 1. The summed E-state index contributed by atoms with van der Waals surface area (Å²) < 4.78 is 0. The smallest absolute Gasteiger partial charge is 0.335 e. The number of likely N-dealkylation sites (N-methyl/N-ethyl adjacent to an activating group) is 1. The second-order valence-corrected chi connectivity index (χ2v) is 5.57. The van der Waals surface area contributed by atoms with Crippen LogP contribution >= 0.6 is 11.3 Å². The third kappa shape index (κ3) is 3.68. The van der Waals surface area contributed by atoms with Crippen molar-refractivity contribution in [2.24, 2.45) is 0 Å². The van der Waals surface area contributed by atoms with Crippen LogP contribution in [0.1, 0.15) is 22.0 Å². The molecular weight excluding hydrogens is 288 g/mol. The highest BCUT2D eigenvalue weighted by atomic mass is 32.1. The highest BCUT2D eigenvalue weighted by Crippen LogP contribution is 2.23. The molecule has 2 aromatic rings. The van der Waals surface area contributed by atoms with Crippen molar-refractivity contribution in [1.29, 1.82) is 0 Å². The van der Waals surface area contributed by atoms with Crippen molar-refractivity contribution in [2.75, 3.05) is 19.4 Å². The summed E-state index contributed by atoms with van der Waals surface area (Å²) in [5, 5.41) is 15.5. The largest absolute Gasteiger partial charge is 0.478 e. The van der Waals surface area contributed by atoms with Crippen molar-refractivity contribution >= 4 is 28.9 Å². The number of thiophene rings is 1. The number of amides is 1. The Morgan fingerprint density at radius 2 is 1.86 bits per heavy atom. The molecule has 0 aliphatic carbocycles. The predicted molar refractivity (Wildman–Crippen MR) is 82.8 cm³/mol. The van der Waals surface area contributed by atoms with E-state index in [0.717, 1.165) is 5.56 Å². The molecule has 0 saturated heterocycles. The van der Waals surface area contributed by atoms with E-state index in [2.05, 4.69) is 5.32 Å². The molecule has 0 radical (unpaired) electrons. The van der Waals surface area contributed by atoms with Gasteiger partial charge in [0, 0.05) is 5.69 Å². The molecule has 6 heteroatoms. The Morgan fingerprint density at radius 3 is 2.33 bits per heavy atom. The maximum Gasteiger partial charge on any atom is 0.335 e. The molecule has 0 bridgehead atoms. The molecule has 0 saturated carbocycles. The molecular formula is C15H16N2O3S. The van der Waals surface area contributed by atoms with E-state index in [1.54, 1.807) is 23.5 Å². The van der Waals surface area contributed by atoms with Crippen LogP contribution in [0.15, 0.2) is 41.1 Å². The zero-order valence-electron chi connectivity index (χ0n) is 11.7. The molecule has 21 heavy (non-hydrogen) atoms. The number of anilines is 1. The van der Waals surface area contributed by atoms with E-state index in [0.29, 0.717) is 5.69 Å². The number of nitrogens with zero attached hydrogens (tertiary/aromatic N) is 1. The van der Waals surface area contributed by atoms with Crippen molar-refractivity contribution < 1.29 is 14.7 Å². The summed E-state index contributed by atoms with van der Waals surface area (Å²) in [4.78, 5) is 25.0. The lowest BCUT2D eigenvalue weighted by molar-refractivity contribution is -0.120. The highest BCUT2D eigenvalue weighted by Gasteiger charge is 2.23. The molecule has 0 aliphatic rings. The summed E-state index contributed by atoms with van der Waals surface area (Å²) in [7, 11) is 3.69. The van der Waals surface area contributed by atoms with Crippen molar-refractivity contribution in [3.63, 3.8) is 0 Å². The van der Waals surface area contributed by atoms with E-state index in [-0.39, 0.29) is 17.5 Å². The first-order valence-corrected chi connectivity index (χ1v) is 7.26. The van der Waals surface area contributed by atoms with E-state index >= 15 is 0 Å². The van der Waals surface area contributed by atoms with Crippen LogP contribution in [-0.2, 0) is 4.79 Å². The second-order valence-electron chi connectivity index (χ2n) is 4.79. The number of carbonyl (C=O) groups is 2. The van der Waals surface area contributed by atoms with Crippen LogP contribution in [0.3, 0.4) is 0 Å². The molecule has 0 aliphatic heterocycles. The number of nitrogens with one attached hydrogen (secondary N) is 1. The number of carboxylic acid groups (broad SMARTS) is 1. The molecule has 0 fully saturated rings. The van der Waals surface area contributed by atoms with Crippen LogP contribution in [0.25, 0.3) is 0 Å². The van der Waals surface area contributed by atoms with Crippen LogP contribution < -0.4 is 5.32 Å². The number of carboxylic acids is 1. The molecule has 2 rings (SSSR count). The van der Waals surface area contributed by atoms with Gasteiger partial charge in [0.25, 0.3) is 0 Å². The molecule has 5 nitrogen and oxygen atoms in total. The molecule has 1 aromatic carbocycles. The van der Waals surface area contributed by atoms with Crippen LogP contribution in [0.4, 0.5) is 5.69 Å². The van der Waals surface area contributed by atoms with Gasteiger partial charge in [-0.2, -0.15) is 11.3 Å². The van der Waals surface area contributed by atoms with Gasteiger partial charge in [0.15, 0.2) is 0 Å². The quantitative estimate of drug-likeness (QED) is 0.891. The maximum atomic E-state index is 12.4. The van der Waals surface area contributed by atoms with E-state index in [1.807, 2.05) is 35.8 Å². The molecule has 0 spiro atoms. The molecule has 1 amide bonds. The molecule has 1 atom stereocenters. The molecule has 2 N–H and O–H groups in total. The average Bonchev–Trinajstić information content (AvgIpc) is 2.92. The third-order valence-corrected chi connectivity index (χ3v) is 3.72. The standard InChI is InChI=1S/C15H16N2O3S/c1-17(2)13(11-7-8-21-9-11)14(18)16-12-5-3-10(4-6-12)15(19)20/h3-9,13H,1-2H3,(H,16,18)(H,19,20). The SMILES string of the molecule is CN(C)C(C(=O)Nc1ccc(C(=O)O)cc1)c1ccsc1. The van der Waals surface area contributed by atoms with Gasteiger partial charge in [0.2, 0.25) is 5.91 Å². The molecule has 110 valence electrons. The van der Waals surface area contributed by atoms with Crippen molar-refractivity contribution in [1.82, 2.24) is 4.90 Å². The van der Waals surface area contributed by atoms with Gasteiger partial charge in [0.1, 0.15) is 6.04 Å². The third-order valence-electron chi connectivity index (χ3n) is 3.02. The van der Waals surface area contributed by atoms with Gasteiger partial charge in [-0.1, -0.05) is 0 Å². The van der Waals surface area contributed by atoms with Gasteiger partial charge in [-0.3, -0.25) is 9.69 Å². The average molecular weight is 304 g/mol. The predicted octanol–water partition coefficient (Wildman–Crippen LogP) is 2.69. The normalized spacial score (nSPS) is 12.1. The van der Waals surface area contributed by atoms with Crippen LogP contribution in [0.5, 0.6) is 0 Å². The topological polar surface area (TPSA) is 69.6 Å². The van der Waals surface area contributed by atoms with Crippen LogP contribution in [-0.4, -0.2) is 36.0 Å². The van der Waals surface area contributed by atoms with Gasteiger partial charge < -0.3 is 10.4 Å². The lowest BCUT2D eigenvalue weighted by Crippen LogP contribution is -2.31. The van der Waals surface area contributed by atoms with Gasteiger partial charge in [-0.15, -0.1) is 0 Å². The Kier molecular flexibility index (Phi) is 4.72. The first-order valence-electron chi connectivity index (χ1n) is 6.32. The lowest BCUT2D eigenvalue weighted by atomic mass is 10.1. The second kappa shape index (κ2) is 6.51.